The summed E-state index contributed by atoms with van der Waals surface area (Å²) in [5.41, 5.74) is 5.94. The molecule has 0 radical (unpaired) electrons. The number of alkyl halides is 2. The van der Waals surface area contributed by atoms with E-state index >= 15 is 0 Å². The van der Waals surface area contributed by atoms with Crippen molar-refractivity contribution in [2.45, 2.75) is 19.1 Å². The van der Waals surface area contributed by atoms with Gasteiger partial charge < -0.3 is 25.3 Å². The van der Waals surface area contributed by atoms with Gasteiger partial charge >= 0.3 is 6.61 Å². The van der Waals surface area contributed by atoms with Crippen molar-refractivity contribution < 1.29 is 27.8 Å². The molecule has 1 aromatic rings. The van der Waals surface area contributed by atoms with E-state index in [0.29, 0.717) is 13.0 Å². The number of carbonyl (C=O) groups is 1. The van der Waals surface area contributed by atoms with Crippen molar-refractivity contribution in [1.82, 2.24) is 0 Å². The molecule has 1 unspecified atom stereocenters. The van der Waals surface area contributed by atoms with Crippen molar-refractivity contribution in [1.29, 1.82) is 0 Å². The number of carbonyl (C=O) groups excluding carboxylic acids is 1. The molecule has 0 aliphatic heterocycles. The van der Waals surface area contributed by atoms with E-state index in [2.05, 4.69) is 10.1 Å². The van der Waals surface area contributed by atoms with Crippen molar-refractivity contribution in [3.8, 4) is 11.5 Å². The van der Waals surface area contributed by atoms with Gasteiger partial charge in [-0.05, 0) is 18.6 Å². The minimum Gasteiger partial charge on any atom is -0.493 e. The molecular formula is C13H18F2N2O4. The van der Waals surface area contributed by atoms with Crippen molar-refractivity contribution >= 4 is 11.6 Å². The zero-order valence-corrected chi connectivity index (χ0v) is 11.8. The second-order valence-electron chi connectivity index (χ2n) is 4.12. The Bertz CT molecular complexity index is 471. The standard InChI is InChI=1S/C13H18F2N2O4/c1-19-6-5-9(16)12(18)17-8-3-4-10(20-2)11(7-8)21-13(14)15/h3-4,7,9,13H,5-6,16H2,1-2H3,(H,17,18). The molecule has 0 aliphatic rings. The summed E-state index contributed by atoms with van der Waals surface area (Å²) in [6.45, 7) is -2.65. The van der Waals surface area contributed by atoms with Crippen LogP contribution in [0.15, 0.2) is 18.2 Å². The monoisotopic (exact) mass is 304 g/mol. The first kappa shape index (κ1) is 17.1. The Morgan fingerprint density at radius 1 is 1.33 bits per heavy atom. The van der Waals surface area contributed by atoms with E-state index in [9.17, 15) is 13.6 Å². The lowest BCUT2D eigenvalue weighted by Gasteiger charge is -2.14. The normalized spacial score (nSPS) is 12.1. The average molecular weight is 304 g/mol. The van der Waals surface area contributed by atoms with Crippen LogP contribution in [0.5, 0.6) is 11.5 Å². The number of halogens is 2. The lowest BCUT2D eigenvalue weighted by atomic mass is 10.2. The van der Waals surface area contributed by atoms with E-state index in [4.69, 9.17) is 15.2 Å². The fraction of sp³-hybridized carbons (Fsp3) is 0.462. The summed E-state index contributed by atoms with van der Waals surface area (Å²) in [4.78, 5) is 11.8. The van der Waals surface area contributed by atoms with Gasteiger partial charge in [-0.25, -0.2) is 0 Å². The fourth-order valence-electron chi connectivity index (χ4n) is 1.55. The Labute approximate surface area is 121 Å². The molecule has 8 heteroatoms. The largest absolute Gasteiger partial charge is 0.493 e. The SMILES string of the molecule is COCCC(N)C(=O)Nc1ccc(OC)c(OC(F)F)c1. The molecule has 0 heterocycles. The number of nitrogens with one attached hydrogen (secondary N) is 1. The van der Waals surface area contributed by atoms with Gasteiger partial charge in [-0.15, -0.1) is 0 Å². The minimum absolute atomic E-state index is 0.136. The third kappa shape index (κ3) is 5.52. The highest BCUT2D eigenvalue weighted by atomic mass is 19.3. The fourth-order valence-corrected chi connectivity index (χ4v) is 1.55. The van der Waals surface area contributed by atoms with E-state index in [0.717, 1.165) is 0 Å². The van der Waals surface area contributed by atoms with E-state index in [1.54, 1.807) is 0 Å². The van der Waals surface area contributed by atoms with Crippen LogP contribution in [-0.2, 0) is 9.53 Å². The van der Waals surface area contributed by atoms with Gasteiger partial charge in [0, 0.05) is 25.5 Å². The Morgan fingerprint density at radius 3 is 2.62 bits per heavy atom. The van der Waals surface area contributed by atoms with Gasteiger partial charge in [0.1, 0.15) is 0 Å². The number of nitrogens with two attached hydrogens (primary N) is 1. The zero-order valence-electron chi connectivity index (χ0n) is 11.8. The highest BCUT2D eigenvalue weighted by Gasteiger charge is 2.16. The first-order valence-electron chi connectivity index (χ1n) is 6.16. The molecule has 0 fully saturated rings. The number of benzene rings is 1. The van der Waals surface area contributed by atoms with Crippen LogP contribution in [0.25, 0.3) is 0 Å². The number of methoxy groups -OCH3 is 2. The second-order valence-corrected chi connectivity index (χ2v) is 4.12. The number of amides is 1. The van der Waals surface area contributed by atoms with Crippen molar-refractivity contribution in [3.63, 3.8) is 0 Å². The summed E-state index contributed by atoms with van der Waals surface area (Å²) in [6, 6.07) is 3.39. The number of rotatable bonds is 8. The van der Waals surface area contributed by atoms with Crippen molar-refractivity contribution in [2.24, 2.45) is 5.73 Å². The maximum atomic E-state index is 12.3. The number of anilines is 1. The van der Waals surface area contributed by atoms with E-state index in [-0.39, 0.29) is 17.2 Å². The van der Waals surface area contributed by atoms with Gasteiger partial charge in [-0.1, -0.05) is 0 Å². The molecule has 118 valence electrons. The maximum absolute atomic E-state index is 12.3. The van der Waals surface area contributed by atoms with Crippen molar-refractivity contribution in [3.05, 3.63) is 18.2 Å². The van der Waals surface area contributed by atoms with Crippen LogP contribution < -0.4 is 20.5 Å². The van der Waals surface area contributed by atoms with Crippen LogP contribution in [0.1, 0.15) is 6.42 Å². The van der Waals surface area contributed by atoms with Crippen LogP contribution in [0.4, 0.5) is 14.5 Å². The Balaban J connectivity index is 2.77. The van der Waals surface area contributed by atoms with Gasteiger partial charge in [0.15, 0.2) is 11.5 Å². The Hall–Kier alpha value is -1.93. The van der Waals surface area contributed by atoms with E-state index in [1.807, 2.05) is 0 Å². The molecule has 1 rings (SSSR count). The summed E-state index contributed by atoms with van der Waals surface area (Å²) in [5, 5.41) is 2.52. The molecule has 21 heavy (non-hydrogen) atoms. The third-order valence-corrected chi connectivity index (χ3v) is 2.62. The van der Waals surface area contributed by atoms with Gasteiger partial charge in [-0.2, -0.15) is 8.78 Å². The van der Waals surface area contributed by atoms with Gasteiger partial charge in [0.05, 0.1) is 13.2 Å². The summed E-state index contributed by atoms with van der Waals surface area (Å²) in [7, 11) is 2.83. The molecule has 1 amide bonds. The molecule has 0 aromatic heterocycles. The Kier molecular flexibility index (Phi) is 6.83. The van der Waals surface area contributed by atoms with Crippen LogP contribution in [0, 0.1) is 0 Å². The molecule has 0 saturated carbocycles. The Morgan fingerprint density at radius 2 is 2.05 bits per heavy atom. The predicted molar refractivity (Wildman–Crippen MR) is 72.7 cm³/mol. The molecule has 1 atom stereocenters. The topological polar surface area (TPSA) is 82.8 Å². The van der Waals surface area contributed by atoms with Crippen molar-refractivity contribution in [2.75, 3.05) is 26.1 Å². The number of hydrogen-bond acceptors (Lipinski definition) is 5. The van der Waals surface area contributed by atoms with Crippen LogP contribution >= 0.6 is 0 Å². The molecule has 6 nitrogen and oxygen atoms in total. The van der Waals surface area contributed by atoms with E-state index in [1.165, 1.54) is 32.4 Å². The molecule has 0 bridgehead atoms. The lowest BCUT2D eigenvalue weighted by Crippen LogP contribution is -2.36. The number of ether oxygens (including phenoxy) is 3. The maximum Gasteiger partial charge on any atom is 0.387 e. The highest BCUT2D eigenvalue weighted by Crippen LogP contribution is 2.31. The molecular weight excluding hydrogens is 286 g/mol. The zero-order chi connectivity index (χ0) is 15.8. The number of hydrogen-bond donors (Lipinski definition) is 2. The molecule has 3 N–H and O–H groups in total. The van der Waals surface area contributed by atoms with Gasteiger partial charge in [0.2, 0.25) is 5.91 Å². The molecule has 0 aliphatic carbocycles. The van der Waals surface area contributed by atoms with Gasteiger partial charge in [-0.3, -0.25) is 4.79 Å². The van der Waals surface area contributed by atoms with Crippen LogP contribution in [0.3, 0.4) is 0 Å². The third-order valence-electron chi connectivity index (χ3n) is 2.62. The second kappa shape index (κ2) is 8.38. The predicted octanol–water partition coefficient (Wildman–Crippen LogP) is 1.60. The summed E-state index contributed by atoms with van der Waals surface area (Å²) in [5.74, 6) is -0.479. The molecule has 0 spiro atoms. The summed E-state index contributed by atoms with van der Waals surface area (Å²) in [6.07, 6.45) is 0.346. The average Bonchev–Trinajstić information content (AvgIpc) is 2.44. The smallest absolute Gasteiger partial charge is 0.387 e. The van der Waals surface area contributed by atoms with Crippen LogP contribution in [0.2, 0.25) is 0 Å². The summed E-state index contributed by atoms with van der Waals surface area (Å²) >= 11 is 0. The van der Waals surface area contributed by atoms with Gasteiger partial charge in [0.25, 0.3) is 0 Å². The van der Waals surface area contributed by atoms with Crippen LogP contribution in [-0.4, -0.2) is 39.4 Å². The lowest BCUT2D eigenvalue weighted by molar-refractivity contribution is -0.117. The van der Waals surface area contributed by atoms with E-state index < -0.39 is 18.6 Å². The highest BCUT2D eigenvalue weighted by molar-refractivity contribution is 5.94. The molecule has 1 aromatic carbocycles. The molecule has 0 saturated heterocycles. The summed E-state index contributed by atoms with van der Waals surface area (Å²) < 4.78 is 38.6. The first-order chi connectivity index (χ1) is 9.97. The first-order valence-corrected chi connectivity index (χ1v) is 6.16. The minimum atomic E-state index is -2.99. The quantitative estimate of drug-likeness (QED) is 0.762.